The first-order chi connectivity index (χ1) is 12.1. The summed E-state index contributed by atoms with van der Waals surface area (Å²) in [6, 6.07) is 7.44. The lowest BCUT2D eigenvalue weighted by atomic mass is 9.97. The number of aliphatic hydroxyl groups is 1. The molecule has 2 fully saturated rings. The van der Waals surface area contributed by atoms with Crippen LogP contribution in [0.25, 0.3) is 0 Å². The minimum absolute atomic E-state index is 0.279. The summed E-state index contributed by atoms with van der Waals surface area (Å²) in [6.45, 7) is 0.344. The highest BCUT2D eigenvalue weighted by Gasteiger charge is 2.41. The van der Waals surface area contributed by atoms with Gasteiger partial charge in [0.2, 0.25) is 0 Å². The molecule has 25 heavy (non-hydrogen) atoms. The molecule has 0 spiro atoms. The Bertz CT molecular complexity index is 612. The molecule has 2 aliphatic rings. The summed E-state index contributed by atoms with van der Waals surface area (Å²) in [7, 11) is 2.90. The van der Waals surface area contributed by atoms with Crippen LogP contribution in [0.1, 0.15) is 18.3 Å². The third kappa shape index (κ3) is 4.19. The zero-order chi connectivity index (χ0) is 17.8. The number of ether oxygens (including phenoxy) is 5. The molecule has 7 nitrogen and oxygen atoms in total. The number of rotatable bonds is 4. The number of hydrogen-bond donors (Lipinski definition) is 1. The van der Waals surface area contributed by atoms with E-state index >= 15 is 0 Å². The number of esters is 1. The van der Waals surface area contributed by atoms with E-state index in [1.54, 1.807) is 7.11 Å². The molecule has 0 aromatic heterocycles. The summed E-state index contributed by atoms with van der Waals surface area (Å²) < 4.78 is 27.2. The fraction of sp³-hybridized carbons (Fsp3) is 0.500. The van der Waals surface area contributed by atoms with E-state index in [1.807, 2.05) is 24.3 Å². The largest absolute Gasteiger partial charge is 0.497 e. The van der Waals surface area contributed by atoms with Gasteiger partial charge in [-0.3, -0.25) is 0 Å². The van der Waals surface area contributed by atoms with Gasteiger partial charge in [0.15, 0.2) is 6.29 Å². The molecule has 0 radical (unpaired) electrons. The molecule has 1 N–H and O–H groups in total. The van der Waals surface area contributed by atoms with E-state index in [0.29, 0.717) is 13.0 Å². The maximum absolute atomic E-state index is 11.2. The highest BCUT2D eigenvalue weighted by atomic mass is 16.7. The van der Waals surface area contributed by atoms with Crippen molar-refractivity contribution in [3.05, 3.63) is 42.0 Å². The Morgan fingerprint density at radius 3 is 2.64 bits per heavy atom. The van der Waals surface area contributed by atoms with E-state index in [4.69, 9.17) is 18.9 Å². The Balaban J connectivity index is 1.61. The predicted molar refractivity (Wildman–Crippen MR) is 87.0 cm³/mol. The Kier molecular flexibility index (Phi) is 5.70. The van der Waals surface area contributed by atoms with Crippen LogP contribution in [-0.4, -0.2) is 56.3 Å². The van der Waals surface area contributed by atoms with E-state index in [1.165, 1.54) is 19.3 Å². The summed E-state index contributed by atoms with van der Waals surface area (Å²) in [5, 5.41) is 10.3. The van der Waals surface area contributed by atoms with E-state index in [0.717, 1.165) is 11.3 Å². The molecule has 7 heteroatoms. The van der Waals surface area contributed by atoms with Gasteiger partial charge in [-0.2, -0.15) is 0 Å². The van der Waals surface area contributed by atoms with Crippen LogP contribution in [0.5, 0.6) is 5.75 Å². The van der Waals surface area contributed by atoms with Crippen molar-refractivity contribution in [2.24, 2.45) is 0 Å². The fourth-order valence-corrected chi connectivity index (χ4v) is 2.93. The third-order valence-corrected chi connectivity index (χ3v) is 4.32. The number of hydrogen-bond acceptors (Lipinski definition) is 7. The highest BCUT2D eigenvalue weighted by Crippen LogP contribution is 2.34. The van der Waals surface area contributed by atoms with Gasteiger partial charge in [0.1, 0.15) is 18.0 Å². The first-order valence-electron chi connectivity index (χ1n) is 8.11. The van der Waals surface area contributed by atoms with Gasteiger partial charge in [0.25, 0.3) is 0 Å². The van der Waals surface area contributed by atoms with Gasteiger partial charge in [-0.25, -0.2) is 4.79 Å². The second-order valence-electron chi connectivity index (χ2n) is 5.94. The van der Waals surface area contributed by atoms with Crippen molar-refractivity contribution in [2.75, 3.05) is 20.8 Å². The number of aliphatic hydroxyl groups excluding tert-OH is 1. The molecule has 0 amide bonds. The summed E-state index contributed by atoms with van der Waals surface area (Å²) in [4.78, 5) is 11.2. The van der Waals surface area contributed by atoms with Crippen molar-refractivity contribution in [3.8, 4) is 5.75 Å². The molecule has 0 aliphatic carbocycles. The zero-order valence-corrected chi connectivity index (χ0v) is 14.2. The van der Waals surface area contributed by atoms with Gasteiger partial charge < -0.3 is 28.8 Å². The van der Waals surface area contributed by atoms with Crippen LogP contribution in [-0.2, 0) is 23.7 Å². The van der Waals surface area contributed by atoms with Crippen LogP contribution >= 0.6 is 0 Å². The lowest BCUT2D eigenvalue weighted by Gasteiger charge is -2.43. The van der Waals surface area contributed by atoms with E-state index in [2.05, 4.69) is 4.74 Å². The van der Waals surface area contributed by atoms with Crippen molar-refractivity contribution < 1.29 is 33.6 Å². The average molecular weight is 350 g/mol. The van der Waals surface area contributed by atoms with Crippen molar-refractivity contribution in [2.45, 2.75) is 37.1 Å². The number of methoxy groups -OCH3 is 2. The number of fused-ring (bicyclic) bond motifs is 1. The van der Waals surface area contributed by atoms with Gasteiger partial charge in [0.05, 0.1) is 33.0 Å². The Morgan fingerprint density at radius 1 is 1.20 bits per heavy atom. The van der Waals surface area contributed by atoms with Gasteiger partial charge in [-0.15, -0.1) is 0 Å². The van der Waals surface area contributed by atoms with Crippen LogP contribution < -0.4 is 4.74 Å². The molecular weight excluding hydrogens is 328 g/mol. The molecule has 3 rings (SSSR count). The fourth-order valence-electron chi connectivity index (χ4n) is 2.93. The SMILES string of the molecule is COC(=O)/C=C/[C@@H]1O[C@@H]2CO[C@@H](c3ccc(OC)cc3)O[C@H]2C[C@H]1O. The van der Waals surface area contributed by atoms with Crippen molar-refractivity contribution >= 4 is 5.97 Å². The maximum Gasteiger partial charge on any atom is 0.330 e. The monoisotopic (exact) mass is 350 g/mol. The third-order valence-electron chi connectivity index (χ3n) is 4.32. The molecule has 0 saturated carbocycles. The van der Waals surface area contributed by atoms with Gasteiger partial charge in [-0.1, -0.05) is 12.1 Å². The molecule has 0 bridgehead atoms. The van der Waals surface area contributed by atoms with E-state index in [-0.39, 0.29) is 12.2 Å². The zero-order valence-electron chi connectivity index (χ0n) is 14.2. The predicted octanol–water partition coefficient (Wildman–Crippen LogP) is 1.36. The molecule has 5 atom stereocenters. The quantitative estimate of drug-likeness (QED) is 0.648. The molecule has 1 aromatic carbocycles. The molecular formula is C18H22O7. The van der Waals surface area contributed by atoms with Crippen LogP contribution in [0.4, 0.5) is 0 Å². The minimum atomic E-state index is -0.767. The Hall–Kier alpha value is -1.93. The van der Waals surface area contributed by atoms with Crippen LogP contribution in [0, 0.1) is 0 Å². The van der Waals surface area contributed by atoms with Gasteiger partial charge in [0, 0.05) is 18.1 Å². The van der Waals surface area contributed by atoms with Gasteiger partial charge in [-0.05, 0) is 18.2 Å². The van der Waals surface area contributed by atoms with Crippen LogP contribution in [0.15, 0.2) is 36.4 Å². The second-order valence-corrected chi connectivity index (χ2v) is 5.94. The molecule has 1 aromatic rings. The molecule has 0 unspecified atom stereocenters. The summed E-state index contributed by atoms with van der Waals surface area (Å²) in [6.07, 6.45) is 0.703. The minimum Gasteiger partial charge on any atom is -0.497 e. The second kappa shape index (κ2) is 7.97. The van der Waals surface area contributed by atoms with Crippen molar-refractivity contribution in [1.82, 2.24) is 0 Å². The smallest absolute Gasteiger partial charge is 0.330 e. The normalized spacial score (nSPS) is 32.2. The van der Waals surface area contributed by atoms with E-state index in [9.17, 15) is 9.90 Å². The average Bonchev–Trinajstić information content (AvgIpc) is 2.65. The molecule has 2 aliphatic heterocycles. The maximum atomic E-state index is 11.2. The molecule has 2 saturated heterocycles. The Labute approximate surface area is 146 Å². The summed E-state index contributed by atoms with van der Waals surface area (Å²) in [5.41, 5.74) is 0.876. The van der Waals surface area contributed by atoms with Crippen molar-refractivity contribution in [3.63, 3.8) is 0 Å². The number of carbonyl (C=O) groups is 1. The standard InChI is InChI=1S/C18H22O7/c1-21-12-5-3-11(4-6-12)18-23-10-16-15(25-18)9-13(19)14(24-16)7-8-17(20)22-2/h3-8,13-16,18-19H,9-10H2,1-2H3/b8-7+/t13-,14+,15+,16-,18-/m1/s1. The lowest BCUT2D eigenvalue weighted by Crippen LogP contribution is -2.52. The molecule has 136 valence electrons. The highest BCUT2D eigenvalue weighted by molar-refractivity contribution is 5.81. The first kappa shape index (κ1) is 17.9. The summed E-state index contributed by atoms with van der Waals surface area (Å²) >= 11 is 0. The molecule has 2 heterocycles. The van der Waals surface area contributed by atoms with Crippen LogP contribution in [0.3, 0.4) is 0 Å². The lowest BCUT2D eigenvalue weighted by molar-refractivity contribution is -0.296. The van der Waals surface area contributed by atoms with Crippen LogP contribution in [0.2, 0.25) is 0 Å². The number of benzene rings is 1. The van der Waals surface area contributed by atoms with Crippen molar-refractivity contribution in [1.29, 1.82) is 0 Å². The topological polar surface area (TPSA) is 83.5 Å². The summed E-state index contributed by atoms with van der Waals surface area (Å²) in [5.74, 6) is 0.266. The van der Waals surface area contributed by atoms with Gasteiger partial charge >= 0.3 is 5.97 Å². The first-order valence-corrected chi connectivity index (χ1v) is 8.11. The number of carbonyl (C=O) groups excluding carboxylic acids is 1. The van der Waals surface area contributed by atoms with E-state index < -0.39 is 24.5 Å². The Morgan fingerprint density at radius 2 is 1.96 bits per heavy atom.